The quantitative estimate of drug-likeness (QED) is 0.541. The van der Waals surface area contributed by atoms with Crippen LogP contribution in [-0.2, 0) is 14.4 Å². The molecule has 8 heteroatoms. The van der Waals surface area contributed by atoms with Gasteiger partial charge >= 0.3 is 5.97 Å². The van der Waals surface area contributed by atoms with Crippen molar-refractivity contribution >= 4 is 17.8 Å². The summed E-state index contributed by atoms with van der Waals surface area (Å²) < 4.78 is 0. The van der Waals surface area contributed by atoms with Gasteiger partial charge in [0.25, 0.3) is 0 Å². The second-order valence-corrected chi connectivity index (χ2v) is 6.82. The van der Waals surface area contributed by atoms with E-state index in [9.17, 15) is 24.6 Å². The van der Waals surface area contributed by atoms with Crippen molar-refractivity contribution in [2.45, 2.75) is 43.8 Å². The topological polar surface area (TPSA) is 133 Å². The molecule has 2 heterocycles. The number of hydrogen-bond acceptors (Lipinski definition) is 5. The number of carbonyl (C=O) groups is 3. The average molecular weight is 361 g/mol. The number of nitrogens with two attached hydrogens (primary N) is 1. The lowest BCUT2D eigenvalue weighted by atomic mass is 9.93. The van der Waals surface area contributed by atoms with Gasteiger partial charge < -0.3 is 26.2 Å². The second-order valence-electron chi connectivity index (χ2n) is 6.82. The molecule has 0 saturated carbocycles. The zero-order valence-corrected chi connectivity index (χ0v) is 14.3. The molecule has 0 radical (unpaired) electrons. The average Bonchev–Trinajstić information content (AvgIpc) is 3.02. The van der Waals surface area contributed by atoms with E-state index in [0.717, 1.165) is 6.42 Å². The number of piperazine rings is 1. The minimum absolute atomic E-state index is 0.0533. The Morgan fingerprint density at radius 3 is 2.54 bits per heavy atom. The molecule has 0 unspecified atom stereocenters. The van der Waals surface area contributed by atoms with Crippen molar-refractivity contribution in [1.82, 2.24) is 10.2 Å². The summed E-state index contributed by atoms with van der Waals surface area (Å²) in [5.41, 5.74) is 6.08. The number of carbonyl (C=O) groups excluding carboxylic acids is 2. The summed E-state index contributed by atoms with van der Waals surface area (Å²) in [6, 6.07) is 3.94. The number of aliphatic carboxylic acids is 1. The van der Waals surface area contributed by atoms with Crippen LogP contribution in [0.3, 0.4) is 0 Å². The van der Waals surface area contributed by atoms with E-state index in [4.69, 9.17) is 5.73 Å². The lowest BCUT2D eigenvalue weighted by Gasteiger charge is -2.38. The molecule has 26 heavy (non-hydrogen) atoms. The lowest BCUT2D eigenvalue weighted by molar-refractivity contribution is -0.150. The van der Waals surface area contributed by atoms with Crippen molar-refractivity contribution in [3.05, 3.63) is 29.8 Å². The standard InChI is InChI=1S/C18H23N3O5/c19-8-2-1-3-13-17(24)21-14(16(23)20-13)9-12(18(25)26)15(21)10-4-6-11(22)7-5-10/h4-7,12-15,22H,1-3,8-9,19H2,(H,20,23)(H,25,26)/t12-,13-,14-,15-/m0/s1. The molecule has 140 valence electrons. The molecule has 1 aromatic carbocycles. The number of nitrogens with zero attached hydrogens (tertiary/aromatic N) is 1. The zero-order chi connectivity index (χ0) is 18.8. The normalized spacial score (nSPS) is 28.0. The molecular weight excluding hydrogens is 338 g/mol. The van der Waals surface area contributed by atoms with Crippen molar-refractivity contribution in [2.75, 3.05) is 6.54 Å². The summed E-state index contributed by atoms with van der Waals surface area (Å²) in [5.74, 6) is -2.43. The highest BCUT2D eigenvalue weighted by molar-refractivity contribution is 5.98. The maximum atomic E-state index is 13.0. The first kappa shape index (κ1) is 18.2. The largest absolute Gasteiger partial charge is 0.508 e. The Hall–Kier alpha value is -2.61. The fraction of sp³-hybridized carbons (Fsp3) is 0.500. The Balaban J connectivity index is 1.92. The molecule has 2 aliphatic rings. The molecule has 2 fully saturated rings. The Morgan fingerprint density at radius 1 is 1.23 bits per heavy atom. The maximum Gasteiger partial charge on any atom is 0.309 e. The van der Waals surface area contributed by atoms with E-state index in [1.165, 1.54) is 17.0 Å². The number of carboxylic acids is 1. The SMILES string of the molecule is NCCCC[C@@H]1NC(=O)[C@@H]2C[C@H](C(=O)O)[C@H](c3ccc(O)cc3)N2C1=O. The van der Waals surface area contributed by atoms with Crippen LogP contribution < -0.4 is 11.1 Å². The van der Waals surface area contributed by atoms with Gasteiger partial charge in [-0.3, -0.25) is 14.4 Å². The second kappa shape index (κ2) is 7.33. The van der Waals surface area contributed by atoms with Gasteiger partial charge in [0.2, 0.25) is 11.8 Å². The number of carboxylic acid groups (broad SMARTS) is 1. The molecule has 0 aromatic heterocycles. The maximum absolute atomic E-state index is 13.0. The van der Waals surface area contributed by atoms with Crippen molar-refractivity contribution in [3.63, 3.8) is 0 Å². The van der Waals surface area contributed by atoms with Crippen molar-refractivity contribution in [2.24, 2.45) is 11.7 Å². The van der Waals surface area contributed by atoms with Crippen LogP contribution in [0.4, 0.5) is 0 Å². The summed E-state index contributed by atoms with van der Waals surface area (Å²) in [5, 5.41) is 21.9. The van der Waals surface area contributed by atoms with Gasteiger partial charge in [0.15, 0.2) is 0 Å². The first-order chi connectivity index (χ1) is 12.4. The number of aromatic hydroxyl groups is 1. The number of unbranched alkanes of at least 4 members (excludes halogenated alkanes) is 1. The monoisotopic (exact) mass is 361 g/mol. The summed E-state index contributed by atoms with van der Waals surface area (Å²) >= 11 is 0. The molecular formula is C18H23N3O5. The number of amides is 2. The predicted octanol–water partition coefficient (Wildman–Crippen LogP) is 0.362. The summed E-state index contributed by atoms with van der Waals surface area (Å²) in [7, 11) is 0. The van der Waals surface area contributed by atoms with Crippen LogP contribution >= 0.6 is 0 Å². The van der Waals surface area contributed by atoms with Crippen LogP contribution in [0.25, 0.3) is 0 Å². The highest BCUT2D eigenvalue weighted by atomic mass is 16.4. The van der Waals surface area contributed by atoms with Gasteiger partial charge in [-0.2, -0.15) is 0 Å². The van der Waals surface area contributed by atoms with E-state index < -0.39 is 30.0 Å². The smallest absolute Gasteiger partial charge is 0.309 e. The molecule has 0 bridgehead atoms. The van der Waals surface area contributed by atoms with Crippen LogP contribution in [0.5, 0.6) is 5.75 Å². The molecule has 4 atom stereocenters. The Bertz CT molecular complexity index is 705. The van der Waals surface area contributed by atoms with Gasteiger partial charge in [-0.15, -0.1) is 0 Å². The summed E-state index contributed by atoms with van der Waals surface area (Å²) in [6.07, 6.45) is 2.01. The fourth-order valence-electron chi connectivity index (χ4n) is 3.89. The number of rotatable bonds is 6. The number of phenols is 1. The molecule has 1 aromatic rings. The summed E-state index contributed by atoms with van der Waals surface area (Å²) in [4.78, 5) is 38.7. The highest BCUT2D eigenvalue weighted by Gasteiger charge is 2.54. The van der Waals surface area contributed by atoms with Gasteiger partial charge in [0, 0.05) is 0 Å². The van der Waals surface area contributed by atoms with E-state index >= 15 is 0 Å². The minimum Gasteiger partial charge on any atom is -0.508 e. The lowest BCUT2D eigenvalue weighted by Crippen LogP contribution is -2.61. The molecule has 3 rings (SSSR count). The van der Waals surface area contributed by atoms with E-state index in [1.807, 2.05) is 0 Å². The van der Waals surface area contributed by atoms with Gasteiger partial charge in [-0.1, -0.05) is 12.1 Å². The third-order valence-electron chi connectivity index (χ3n) is 5.16. The van der Waals surface area contributed by atoms with E-state index in [1.54, 1.807) is 12.1 Å². The Morgan fingerprint density at radius 2 is 1.92 bits per heavy atom. The van der Waals surface area contributed by atoms with Gasteiger partial charge in [0.05, 0.1) is 12.0 Å². The van der Waals surface area contributed by atoms with Crippen LogP contribution in [0.2, 0.25) is 0 Å². The number of nitrogens with one attached hydrogen (secondary N) is 1. The van der Waals surface area contributed by atoms with Crippen LogP contribution in [0, 0.1) is 5.92 Å². The molecule has 0 spiro atoms. The highest BCUT2D eigenvalue weighted by Crippen LogP contribution is 2.43. The summed E-state index contributed by atoms with van der Waals surface area (Å²) in [6.45, 7) is 0.512. The predicted molar refractivity (Wildman–Crippen MR) is 92.1 cm³/mol. The van der Waals surface area contributed by atoms with E-state index in [0.29, 0.717) is 24.9 Å². The van der Waals surface area contributed by atoms with Gasteiger partial charge in [0.1, 0.15) is 17.8 Å². The first-order valence-corrected chi connectivity index (χ1v) is 8.78. The minimum atomic E-state index is -1.04. The molecule has 2 saturated heterocycles. The first-order valence-electron chi connectivity index (χ1n) is 8.78. The molecule has 2 aliphatic heterocycles. The number of hydrogen-bond donors (Lipinski definition) is 4. The van der Waals surface area contributed by atoms with Crippen molar-refractivity contribution in [3.8, 4) is 5.75 Å². The number of fused-ring (bicyclic) bond motifs is 1. The fourth-order valence-corrected chi connectivity index (χ4v) is 3.89. The third-order valence-corrected chi connectivity index (χ3v) is 5.16. The number of phenolic OH excluding ortho intramolecular Hbond substituents is 1. The third kappa shape index (κ3) is 3.24. The van der Waals surface area contributed by atoms with Crippen LogP contribution in [0.15, 0.2) is 24.3 Å². The Kier molecular flexibility index (Phi) is 5.13. The molecule has 8 nitrogen and oxygen atoms in total. The van der Waals surface area contributed by atoms with Gasteiger partial charge in [-0.05, 0) is 49.9 Å². The number of benzene rings is 1. The zero-order valence-electron chi connectivity index (χ0n) is 14.3. The Labute approximate surface area is 151 Å². The van der Waals surface area contributed by atoms with E-state index in [2.05, 4.69) is 5.32 Å². The molecule has 2 amide bonds. The van der Waals surface area contributed by atoms with Crippen molar-refractivity contribution in [1.29, 1.82) is 0 Å². The molecule has 0 aliphatic carbocycles. The van der Waals surface area contributed by atoms with Crippen molar-refractivity contribution < 1.29 is 24.6 Å². The van der Waals surface area contributed by atoms with Crippen LogP contribution in [0.1, 0.15) is 37.3 Å². The van der Waals surface area contributed by atoms with E-state index in [-0.39, 0.29) is 24.0 Å². The van der Waals surface area contributed by atoms with Crippen LogP contribution in [-0.4, -0.2) is 51.5 Å². The molecule has 5 N–H and O–H groups in total. The van der Waals surface area contributed by atoms with Gasteiger partial charge in [-0.25, -0.2) is 0 Å².